The smallest absolute Gasteiger partial charge is 0.228 e. The van der Waals surface area contributed by atoms with Gasteiger partial charge in [0.2, 0.25) is 11.8 Å². The number of hydrogen-bond donors (Lipinski definition) is 0. The summed E-state index contributed by atoms with van der Waals surface area (Å²) in [6.07, 6.45) is 6.31. The second-order valence-electron chi connectivity index (χ2n) is 7.93. The van der Waals surface area contributed by atoms with Gasteiger partial charge in [-0.15, -0.1) is 0 Å². The van der Waals surface area contributed by atoms with E-state index in [1.165, 1.54) is 12.5 Å². The molecule has 2 amide bonds. The first-order chi connectivity index (χ1) is 13.5. The monoisotopic (exact) mass is 390 g/mol. The van der Waals surface area contributed by atoms with Gasteiger partial charge in [0.05, 0.1) is 18.6 Å². The van der Waals surface area contributed by atoms with Crippen LogP contribution in [0.3, 0.4) is 0 Å². The zero-order valence-electron chi connectivity index (χ0n) is 16.9. The Morgan fingerprint density at radius 3 is 2.61 bits per heavy atom. The summed E-state index contributed by atoms with van der Waals surface area (Å²) in [5, 5.41) is 0. The van der Waals surface area contributed by atoms with Gasteiger partial charge in [0, 0.05) is 38.7 Å². The minimum atomic E-state index is -0.587. The molecule has 0 N–H and O–H groups in total. The van der Waals surface area contributed by atoms with E-state index in [2.05, 4.69) is 0 Å². The number of hydrogen-bond acceptors (Lipinski definition) is 3. The average molecular weight is 390 g/mol. The molecule has 2 fully saturated rings. The number of benzene rings is 1. The van der Waals surface area contributed by atoms with Crippen LogP contribution in [0.1, 0.15) is 56.6 Å². The third-order valence-electron chi connectivity index (χ3n) is 6.25. The lowest BCUT2D eigenvalue weighted by molar-refractivity contribution is -0.149. The zero-order valence-corrected chi connectivity index (χ0v) is 16.9. The fraction of sp³-hybridized carbons (Fsp3) is 0.636. The maximum absolute atomic E-state index is 14.7. The molecule has 6 heteroatoms. The molecule has 28 heavy (non-hydrogen) atoms. The van der Waals surface area contributed by atoms with Gasteiger partial charge in [0.1, 0.15) is 5.82 Å². The molecule has 0 unspecified atom stereocenters. The minimum Gasteiger partial charge on any atom is -0.383 e. The standard InChI is InChI=1S/C22H31FN2O3/c1-24(16-8-4-3-5-9-16)22(27)18-12-13-20(26)25(14-15-28-2)21(18)17-10-6-7-11-19(17)23/h6-7,10-11,16,18,21H,3-5,8-9,12-15H2,1-2H3/t18-,21+/m1/s1. The molecule has 1 aromatic rings. The van der Waals surface area contributed by atoms with E-state index in [4.69, 9.17) is 4.74 Å². The van der Waals surface area contributed by atoms with Crippen LogP contribution in [-0.2, 0) is 14.3 Å². The molecule has 0 bridgehead atoms. The summed E-state index contributed by atoms with van der Waals surface area (Å²) in [4.78, 5) is 29.6. The van der Waals surface area contributed by atoms with Crippen LogP contribution < -0.4 is 0 Å². The Morgan fingerprint density at radius 1 is 1.21 bits per heavy atom. The molecule has 1 saturated heterocycles. The average Bonchev–Trinajstić information content (AvgIpc) is 2.73. The van der Waals surface area contributed by atoms with Crippen LogP contribution in [0.4, 0.5) is 4.39 Å². The van der Waals surface area contributed by atoms with Crippen molar-refractivity contribution in [1.29, 1.82) is 0 Å². The molecule has 0 radical (unpaired) electrons. The van der Waals surface area contributed by atoms with E-state index >= 15 is 0 Å². The van der Waals surface area contributed by atoms with Crippen molar-refractivity contribution >= 4 is 11.8 Å². The van der Waals surface area contributed by atoms with Gasteiger partial charge in [-0.25, -0.2) is 4.39 Å². The Hall–Kier alpha value is -1.95. The molecule has 1 saturated carbocycles. The van der Waals surface area contributed by atoms with E-state index in [1.54, 1.807) is 30.2 Å². The van der Waals surface area contributed by atoms with Gasteiger partial charge in [-0.05, 0) is 25.3 Å². The number of piperidine rings is 1. The minimum absolute atomic E-state index is 0.0232. The van der Waals surface area contributed by atoms with Crippen LogP contribution in [0, 0.1) is 11.7 Å². The van der Waals surface area contributed by atoms with E-state index in [0.29, 0.717) is 31.6 Å². The van der Waals surface area contributed by atoms with E-state index in [-0.39, 0.29) is 23.7 Å². The van der Waals surface area contributed by atoms with Gasteiger partial charge >= 0.3 is 0 Å². The summed E-state index contributed by atoms with van der Waals surface area (Å²) in [6, 6.07) is 6.14. The molecule has 1 aliphatic heterocycles. The highest BCUT2D eigenvalue weighted by Crippen LogP contribution is 2.39. The molecular formula is C22H31FN2O3. The highest BCUT2D eigenvalue weighted by molar-refractivity contribution is 5.85. The lowest BCUT2D eigenvalue weighted by Gasteiger charge is -2.43. The van der Waals surface area contributed by atoms with Gasteiger partial charge in [0.25, 0.3) is 0 Å². The molecule has 1 aromatic carbocycles. The summed E-state index contributed by atoms with van der Waals surface area (Å²) >= 11 is 0. The van der Waals surface area contributed by atoms with Crippen molar-refractivity contribution in [3.63, 3.8) is 0 Å². The van der Waals surface area contributed by atoms with Crippen LogP contribution in [0.15, 0.2) is 24.3 Å². The first kappa shape index (κ1) is 20.8. The molecule has 5 nitrogen and oxygen atoms in total. The number of carbonyl (C=O) groups is 2. The number of halogens is 1. The Bertz CT molecular complexity index is 690. The van der Waals surface area contributed by atoms with Gasteiger partial charge in [0.15, 0.2) is 0 Å². The number of ether oxygens (including phenoxy) is 1. The maximum atomic E-state index is 14.7. The van der Waals surface area contributed by atoms with Crippen LogP contribution >= 0.6 is 0 Å². The number of likely N-dealkylation sites (tertiary alicyclic amines) is 1. The van der Waals surface area contributed by atoms with Crippen molar-refractivity contribution in [1.82, 2.24) is 9.80 Å². The number of carbonyl (C=O) groups excluding carboxylic acids is 2. The van der Waals surface area contributed by atoms with Crippen LogP contribution in [0.25, 0.3) is 0 Å². The first-order valence-electron chi connectivity index (χ1n) is 10.3. The third kappa shape index (κ3) is 4.37. The molecular weight excluding hydrogens is 359 g/mol. The van der Waals surface area contributed by atoms with Crippen LogP contribution in [0.2, 0.25) is 0 Å². The van der Waals surface area contributed by atoms with E-state index in [0.717, 1.165) is 25.7 Å². The molecule has 154 valence electrons. The normalized spacial score (nSPS) is 23.7. The second-order valence-corrected chi connectivity index (χ2v) is 7.93. The number of nitrogens with zero attached hydrogens (tertiary/aromatic N) is 2. The number of methoxy groups -OCH3 is 1. The highest BCUT2D eigenvalue weighted by Gasteiger charge is 2.43. The predicted molar refractivity (Wildman–Crippen MR) is 105 cm³/mol. The summed E-state index contributed by atoms with van der Waals surface area (Å²) < 4.78 is 19.9. The predicted octanol–water partition coefficient (Wildman–Crippen LogP) is 3.54. The molecule has 2 atom stereocenters. The summed E-state index contributed by atoms with van der Waals surface area (Å²) in [5.74, 6) is -0.828. The Balaban J connectivity index is 1.91. The van der Waals surface area contributed by atoms with E-state index in [1.807, 2.05) is 11.9 Å². The summed E-state index contributed by atoms with van der Waals surface area (Å²) in [5.41, 5.74) is 0.419. The highest BCUT2D eigenvalue weighted by atomic mass is 19.1. The fourth-order valence-electron chi connectivity index (χ4n) is 4.67. The maximum Gasteiger partial charge on any atom is 0.228 e. The number of amides is 2. The van der Waals surface area contributed by atoms with Crippen molar-refractivity contribution in [2.45, 2.75) is 57.0 Å². The van der Waals surface area contributed by atoms with Crippen molar-refractivity contribution in [3.8, 4) is 0 Å². The van der Waals surface area contributed by atoms with E-state index in [9.17, 15) is 14.0 Å². The first-order valence-corrected chi connectivity index (χ1v) is 10.3. The molecule has 1 heterocycles. The number of rotatable bonds is 6. The molecule has 0 aromatic heterocycles. The van der Waals surface area contributed by atoms with Crippen molar-refractivity contribution in [3.05, 3.63) is 35.6 Å². The van der Waals surface area contributed by atoms with Crippen LogP contribution in [0.5, 0.6) is 0 Å². The third-order valence-corrected chi connectivity index (χ3v) is 6.25. The quantitative estimate of drug-likeness (QED) is 0.746. The van der Waals surface area contributed by atoms with E-state index < -0.39 is 12.0 Å². The zero-order chi connectivity index (χ0) is 20.1. The van der Waals surface area contributed by atoms with Gasteiger partial charge in [-0.1, -0.05) is 37.5 Å². The van der Waals surface area contributed by atoms with Gasteiger partial charge < -0.3 is 14.5 Å². The lowest BCUT2D eigenvalue weighted by atomic mass is 9.82. The molecule has 1 aliphatic carbocycles. The van der Waals surface area contributed by atoms with Crippen molar-refractivity contribution < 1.29 is 18.7 Å². The Kier molecular flexibility index (Phi) is 7.05. The topological polar surface area (TPSA) is 49.9 Å². The van der Waals surface area contributed by atoms with Crippen molar-refractivity contribution in [2.24, 2.45) is 5.92 Å². The SMILES string of the molecule is COCCN1C(=O)CC[C@@H](C(=O)N(C)C2CCCCC2)[C@@H]1c1ccccc1F. The van der Waals surface area contributed by atoms with Crippen LogP contribution in [-0.4, -0.2) is 55.0 Å². The van der Waals surface area contributed by atoms with Gasteiger partial charge in [-0.2, -0.15) is 0 Å². The summed E-state index contributed by atoms with van der Waals surface area (Å²) in [6.45, 7) is 0.710. The Labute approximate surface area is 166 Å². The molecule has 0 spiro atoms. The fourth-order valence-corrected chi connectivity index (χ4v) is 4.67. The lowest BCUT2D eigenvalue weighted by Crippen LogP contribution is -2.51. The van der Waals surface area contributed by atoms with Gasteiger partial charge in [-0.3, -0.25) is 9.59 Å². The molecule has 3 rings (SSSR count). The Morgan fingerprint density at radius 2 is 1.93 bits per heavy atom. The van der Waals surface area contributed by atoms with Crippen molar-refractivity contribution in [2.75, 3.05) is 27.3 Å². The molecule has 2 aliphatic rings. The largest absolute Gasteiger partial charge is 0.383 e. The summed E-state index contributed by atoms with van der Waals surface area (Å²) in [7, 11) is 3.44. The second kappa shape index (κ2) is 9.50.